The van der Waals surface area contributed by atoms with E-state index in [1.807, 2.05) is 208 Å². The van der Waals surface area contributed by atoms with Crippen LogP contribution in [0.15, 0.2) is 216 Å². The van der Waals surface area contributed by atoms with Crippen molar-refractivity contribution in [3.63, 3.8) is 0 Å². The van der Waals surface area contributed by atoms with Crippen molar-refractivity contribution >= 4 is 123 Å². The molecule has 18 nitrogen and oxygen atoms in total. The van der Waals surface area contributed by atoms with Crippen molar-refractivity contribution < 1.29 is 47.9 Å². The normalized spacial score (nSPS) is 16.4. The van der Waals surface area contributed by atoms with Crippen molar-refractivity contribution in [3.05, 3.63) is 303 Å². The van der Waals surface area contributed by atoms with Crippen molar-refractivity contribution in [2.45, 2.75) is 69.3 Å². The number of methoxy groups -OCH3 is 5. The van der Waals surface area contributed by atoms with Crippen LogP contribution in [-0.4, -0.2) is 132 Å². The number of hydrogen-bond acceptors (Lipinski definition) is 12. The molecule has 113 heavy (non-hydrogen) atoms. The molecule has 0 radical (unpaired) electrons. The maximum absolute atomic E-state index is 13.6. The van der Waals surface area contributed by atoms with Gasteiger partial charge < -0.3 is 73.5 Å². The molecule has 0 saturated heterocycles. The largest absolute Gasteiger partial charge is 0.504 e. The molecule has 14 aromatic rings. The molecule has 4 aliphatic rings. The first kappa shape index (κ1) is 77.6. The highest BCUT2D eigenvalue weighted by Gasteiger charge is 2.40. The molecule has 578 valence electrons. The number of ether oxygens (including phenoxy) is 6. The molecule has 18 rings (SSSR count). The molecule has 0 fully saturated rings. The number of para-hydroxylation sites is 2. The fourth-order valence-corrected chi connectivity index (χ4v) is 17.8. The summed E-state index contributed by atoms with van der Waals surface area (Å²) in [6.07, 6.45) is 3.09. The third-order valence-electron chi connectivity index (χ3n) is 21.5. The molecule has 9 aromatic carbocycles. The average molecular weight is 1660 g/mol. The molecule has 0 saturated carbocycles. The summed E-state index contributed by atoms with van der Waals surface area (Å²) < 4.78 is 33.3. The Kier molecular flexibility index (Phi) is 23.6. The van der Waals surface area contributed by atoms with Gasteiger partial charge in [0.25, 0.3) is 5.91 Å². The molecule has 0 bridgehead atoms. The summed E-state index contributed by atoms with van der Waals surface area (Å²) in [5, 5.41) is 22.8. The number of aromatic hydroxyl groups is 1. The predicted molar refractivity (Wildman–Crippen MR) is 451 cm³/mol. The third-order valence-corrected chi connectivity index (χ3v) is 23.6. The number of thiophene rings is 1. The smallest absolute Gasteiger partial charge is 0.264 e. The number of amides is 3. The van der Waals surface area contributed by atoms with Gasteiger partial charge in [-0.2, -0.15) is 0 Å². The van der Waals surface area contributed by atoms with E-state index in [-0.39, 0.29) is 54.2 Å². The Balaban J connectivity index is 0.000000120. The lowest BCUT2D eigenvalue weighted by Gasteiger charge is -2.37. The van der Waals surface area contributed by atoms with Gasteiger partial charge in [-0.05, 0) is 210 Å². The monoisotopic (exact) mass is 1650 g/mol. The molecule has 5 aromatic heterocycles. The van der Waals surface area contributed by atoms with Crippen LogP contribution in [0.1, 0.15) is 103 Å². The SMILES string of the molecule is COCC(=O)N1CCc2c([nH]c3ccc(Cl)cc23)C1c1ccc(OC)cc1.COc1ccc(C2c3[nH]c4ccc(Cl)cc4c3CCN2C(=O)C(C)Oc2ccccc2)cc1.COc1ccc(C2c3[nH]c4ccc(Cl)cc4c3CCN2C(=O)Cc2cccs2)cc1.COc1cccc(C2NCCc3c2[nH]c2ccc(Br)cc32)c1O. The number of fused-ring (bicyclic) bond motifs is 12. The van der Waals surface area contributed by atoms with Crippen LogP contribution < -0.4 is 29.0 Å². The second-order valence-electron chi connectivity index (χ2n) is 28.1. The standard InChI is InChI=1S/C27H25ClN2O3.C24H21ClN2O2S.C21H21ClN2O3.C18H17BrN2O2/c1-17(33-21-6-4-3-5-7-21)27(31)30-15-14-22-23-16-19(28)10-13-24(23)29-25(22)26(30)18-8-11-20(32-2)12-9-18;1-29-17-7-4-15(5-8-17)24-23-19(20-13-16(25)6-9-21(20)26-23)10-11-27(24)22(28)14-18-3-2-12-30-18;1-26-12-19(25)24-10-9-16-17-11-14(22)5-8-18(17)23-20(16)21(24)13-3-6-15(27-2)7-4-13;1-23-15-4-2-3-12(18(15)22)16-17-11(7-8-20-16)13-9-10(19)5-6-14(13)21-17/h3-13,16-17,26,29H,14-15H2,1-2H3;2-9,12-13,24,26H,10-11,14H2,1H3;3-8,11,21,23H,9-10,12H2,1-2H3;2-6,9,16,20-22H,7-8H2,1H3. The van der Waals surface area contributed by atoms with Gasteiger partial charge in [0.05, 0.1) is 59.0 Å². The predicted octanol–water partition coefficient (Wildman–Crippen LogP) is 19.2. The number of carbonyl (C=O) groups excluding carboxylic acids is 3. The summed E-state index contributed by atoms with van der Waals surface area (Å²) in [5.74, 6) is 3.79. The van der Waals surface area contributed by atoms with Gasteiger partial charge in [0, 0.05) is 130 Å². The van der Waals surface area contributed by atoms with Crippen LogP contribution in [0.25, 0.3) is 43.6 Å². The van der Waals surface area contributed by atoms with Crippen LogP contribution in [0.3, 0.4) is 0 Å². The maximum Gasteiger partial charge on any atom is 0.264 e. The summed E-state index contributed by atoms with van der Waals surface area (Å²) >= 11 is 24.0. The Morgan fingerprint density at radius 3 is 1.41 bits per heavy atom. The number of halogens is 4. The average Bonchev–Trinajstić information content (AvgIpc) is 1.64. The minimum Gasteiger partial charge on any atom is -0.504 e. The number of benzene rings is 9. The number of H-pyrrole nitrogens is 4. The van der Waals surface area contributed by atoms with Crippen LogP contribution in [0, 0.1) is 0 Å². The lowest BCUT2D eigenvalue weighted by molar-refractivity contribution is -0.140. The number of phenolic OH excluding ortho intramolecular Hbond substituents is 1. The van der Waals surface area contributed by atoms with Gasteiger partial charge in [-0.15, -0.1) is 11.3 Å². The van der Waals surface area contributed by atoms with Crippen molar-refractivity contribution in [1.82, 2.24) is 40.0 Å². The highest BCUT2D eigenvalue weighted by molar-refractivity contribution is 9.10. The molecule has 5 atom stereocenters. The molecular formula is C90H84BrCl3N8O10S. The minimum atomic E-state index is -0.617. The first-order chi connectivity index (χ1) is 55.0. The number of nitrogens with zero attached hydrogens (tertiary/aromatic N) is 3. The highest BCUT2D eigenvalue weighted by Crippen LogP contribution is 2.46. The number of phenols is 1. The van der Waals surface area contributed by atoms with E-state index in [9.17, 15) is 19.5 Å². The quantitative estimate of drug-likeness (QED) is 0.0568. The van der Waals surface area contributed by atoms with E-state index >= 15 is 0 Å². The molecule has 3 amide bonds. The molecule has 23 heteroatoms. The van der Waals surface area contributed by atoms with E-state index in [1.165, 1.54) is 27.6 Å². The first-order valence-corrected chi connectivity index (χ1v) is 40.1. The topological polar surface area (TPSA) is 212 Å². The lowest BCUT2D eigenvalue weighted by atomic mass is 9.92. The number of rotatable bonds is 15. The zero-order valence-electron chi connectivity index (χ0n) is 63.0. The number of hydrogen-bond donors (Lipinski definition) is 6. The minimum absolute atomic E-state index is 0.0272. The Labute approximate surface area is 681 Å². The Morgan fingerprint density at radius 2 is 0.938 bits per heavy atom. The summed E-state index contributed by atoms with van der Waals surface area (Å²) in [4.78, 5) is 60.8. The van der Waals surface area contributed by atoms with Gasteiger partial charge in [-0.25, -0.2) is 0 Å². The van der Waals surface area contributed by atoms with Gasteiger partial charge in [0.2, 0.25) is 11.8 Å². The Morgan fingerprint density at radius 1 is 0.487 bits per heavy atom. The van der Waals surface area contributed by atoms with Gasteiger partial charge in [0.15, 0.2) is 17.6 Å². The van der Waals surface area contributed by atoms with Crippen molar-refractivity contribution in [2.24, 2.45) is 0 Å². The third kappa shape index (κ3) is 16.2. The van der Waals surface area contributed by atoms with Gasteiger partial charge in [-0.3, -0.25) is 14.4 Å². The van der Waals surface area contributed by atoms with Crippen LogP contribution in [-0.2, 0) is 51.2 Å². The number of aromatic nitrogens is 4. The number of carbonyl (C=O) groups is 3. The van der Waals surface area contributed by atoms with E-state index in [2.05, 4.69) is 53.3 Å². The van der Waals surface area contributed by atoms with E-state index in [4.69, 9.17) is 63.2 Å². The fraction of sp³-hybridized carbons (Fsp3) is 0.233. The summed E-state index contributed by atoms with van der Waals surface area (Å²) in [6.45, 7) is 4.63. The van der Waals surface area contributed by atoms with E-state index in [0.29, 0.717) is 47.6 Å². The van der Waals surface area contributed by atoms with Crippen LogP contribution in [0.2, 0.25) is 15.1 Å². The molecule has 6 N–H and O–H groups in total. The fourth-order valence-electron chi connectivity index (χ4n) is 16.2. The highest BCUT2D eigenvalue weighted by atomic mass is 79.9. The van der Waals surface area contributed by atoms with Gasteiger partial charge >= 0.3 is 0 Å². The zero-order chi connectivity index (χ0) is 78.6. The van der Waals surface area contributed by atoms with E-state index < -0.39 is 6.10 Å². The number of nitrogens with one attached hydrogen (secondary N) is 5. The summed E-state index contributed by atoms with van der Waals surface area (Å²) in [5.41, 5.74) is 17.4. The first-order valence-electron chi connectivity index (χ1n) is 37.3. The molecule has 4 aliphatic heterocycles. The Hall–Kier alpha value is -10.7. The van der Waals surface area contributed by atoms with Crippen LogP contribution in [0.4, 0.5) is 0 Å². The van der Waals surface area contributed by atoms with Crippen molar-refractivity contribution in [1.29, 1.82) is 0 Å². The number of aromatic amines is 4. The van der Waals surface area contributed by atoms with Crippen LogP contribution >= 0.6 is 62.1 Å². The van der Waals surface area contributed by atoms with Crippen molar-refractivity contribution in [3.8, 4) is 34.5 Å². The van der Waals surface area contributed by atoms with Gasteiger partial charge in [-0.1, -0.05) is 124 Å². The summed E-state index contributed by atoms with van der Waals surface area (Å²) in [7, 11) is 8.06. The van der Waals surface area contributed by atoms with Crippen LogP contribution in [0.5, 0.6) is 34.5 Å². The van der Waals surface area contributed by atoms with E-state index in [1.54, 1.807) is 59.9 Å². The molecule has 0 spiro atoms. The zero-order valence-corrected chi connectivity index (χ0v) is 67.7. The second-order valence-corrected chi connectivity index (χ2v) is 31.4. The molecule has 5 unspecified atom stereocenters. The lowest BCUT2D eigenvalue weighted by Crippen LogP contribution is -2.46. The Bertz CT molecular complexity index is 5760. The van der Waals surface area contributed by atoms with Crippen molar-refractivity contribution in [2.75, 3.05) is 68.3 Å². The maximum atomic E-state index is 13.6. The van der Waals surface area contributed by atoms with Gasteiger partial charge in [0.1, 0.15) is 29.6 Å². The molecular weight excluding hydrogens is 1570 g/mol. The second kappa shape index (κ2) is 34.3. The molecule has 9 heterocycles. The van der Waals surface area contributed by atoms with E-state index in [0.717, 1.165) is 147 Å². The summed E-state index contributed by atoms with van der Waals surface area (Å²) in [6, 6.07) is 66.0. The molecule has 0 aliphatic carbocycles.